The summed E-state index contributed by atoms with van der Waals surface area (Å²) in [5.74, 6) is -0.903. The number of hydrogen-bond donors (Lipinski definition) is 2. The lowest BCUT2D eigenvalue weighted by Crippen LogP contribution is -2.24. The number of carboxylic acids is 1. The molecule has 0 unspecified atom stereocenters. The number of aliphatic carboxylic acids is 1. The number of nitrogens with zero attached hydrogens (tertiary/aromatic N) is 3. The van der Waals surface area contributed by atoms with Gasteiger partial charge in [0.15, 0.2) is 5.65 Å². The van der Waals surface area contributed by atoms with Gasteiger partial charge in [0.25, 0.3) is 5.91 Å². The summed E-state index contributed by atoms with van der Waals surface area (Å²) in [6.07, 6.45) is 5.07. The lowest BCUT2D eigenvalue weighted by Gasteiger charge is -2.05. The van der Waals surface area contributed by atoms with Gasteiger partial charge in [-0.05, 0) is 25.8 Å². The van der Waals surface area contributed by atoms with Crippen LogP contribution in [0.4, 0.5) is 0 Å². The number of nitrogens with one attached hydrogen (secondary N) is 1. The number of amides is 1. The first-order valence-corrected chi connectivity index (χ1v) is 7.78. The molecular formula is C16H22N4O3. The summed E-state index contributed by atoms with van der Waals surface area (Å²) < 4.78 is 1.70. The zero-order valence-corrected chi connectivity index (χ0v) is 13.5. The van der Waals surface area contributed by atoms with Crippen molar-refractivity contribution in [1.82, 2.24) is 20.1 Å². The van der Waals surface area contributed by atoms with Gasteiger partial charge < -0.3 is 10.4 Å². The summed E-state index contributed by atoms with van der Waals surface area (Å²) in [5.41, 5.74) is 2.14. The molecule has 124 valence electrons. The maximum Gasteiger partial charge on any atom is 0.303 e. The van der Waals surface area contributed by atoms with Crippen LogP contribution in [0.3, 0.4) is 0 Å². The van der Waals surface area contributed by atoms with Crippen LogP contribution in [0.25, 0.3) is 11.0 Å². The fourth-order valence-electron chi connectivity index (χ4n) is 2.49. The Hall–Kier alpha value is -2.44. The highest BCUT2D eigenvalue weighted by atomic mass is 16.4. The molecule has 0 fully saturated rings. The van der Waals surface area contributed by atoms with Crippen LogP contribution in [0, 0.1) is 6.92 Å². The zero-order chi connectivity index (χ0) is 16.8. The topological polar surface area (TPSA) is 97.1 Å². The fraction of sp³-hybridized carbons (Fsp3) is 0.500. The number of fused-ring (bicyclic) bond motifs is 1. The molecule has 0 radical (unpaired) electrons. The van der Waals surface area contributed by atoms with Crippen LogP contribution in [0.1, 0.15) is 48.2 Å². The molecule has 0 bridgehead atoms. The molecular weight excluding hydrogens is 296 g/mol. The SMILES string of the molecule is Cc1nn(C)c2ncc(C(=O)NCCCCCCC(=O)O)cc12. The molecule has 0 aliphatic rings. The molecule has 2 aromatic rings. The van der Waals surface area contributed by atoms with Crippen molar-refractivity contribution in [3.8, 4) is 0 Å². The molecule has 7 heteroatoms. The maximum atomic E-state index is 12.1. The predicted octanol–water partition coefficient (Wildman–Crippen LogP) is 2.04. The molecule has 2 N–H and O–H groups in total. The molecule has 0 saturated heterocycles. The molecule has 0 aromatic carbocycles. The van der Waals surface area contributed by atoms with Crippen LogP contribution in [0.5, 0.6) is 0 Å². The minimum absolute atomic E-state index is 0.145. The lowest BCUT2D eigenvalue weighted by atomic mass is 10.1. The quantitative estimate of drug-likeness (QED) is 0.726. The van der Waals surface area contributed by atoms with Crippen LogP contribution in [-0.2, 0) is 11.8 Å². The number of aryl methyl sites for hydroxylation is 2. The van der Waals surface area contributed by atoms with E-state index < -0.39 is 5.97 Å². The van der Waals surface area contributed by atoms with Crippen LogP contribution < -0.4 is 5.32 Å². The Morgan fingerprint density at radius 1 is 1.26 bits per heavy atom. The van der Waals surface area contributed by atoms with Gasteiger partial charge in [0, 0.05) is 31.6 Å². The van der Waals surface area contributed by atoms with E-state index in [1.54, 1.807) is 10.9 Å². The average molecular weight is 318 g/mol. The van der Waals surface area contributed by atoms with E-state index in [0.29, 0.717) is 18.5 Å². The molecule has 2 heterocycles. The Kier molecular flexibility index (Phi) is 5.67. The van der Waals surface area contributed by atoms with E-state index in [9.17, 15) is 9.59 Å². The third-order valence-electron chi connectivity index (χ3n) is 3.73. The summed E-state index contributed by atoms with van der Waals surface area (Å²) in [6.45, 7) is 2.47. The normalized spacial score (nSPS) is 10.9. The second kappa shape index (κ2) is 7.71. The van der Waals surface area contributed by atoms with Crippen LogP contribution in [0.15, 0.2) is 12.3 Å². The first-order valence-electron chi connectivity index (χ1n) is 7.78. The largest absolute Gasteiger partial charge is 0.481 e. The molecule has 2 rings (SSSR count). The number of aromatic nitrogens is 3. The molecule has 1 amide bonds. The van der Waals surface area contributed by atoms with Gasteiger partial charge in [-0.15, -0.1) is 0 Å². The van der Waals surface area contributed by atoms with E-state index in [1.807, 2.05) is 20.0 Å². The summed E-state index contributed by atoms with van der Waals surface area (Å²) >= 11 is 0. The summed E-state index contributed by atoms with van der Waals surface area (Å²) in [6, 6.07) is 1.81. The van der Waals surface area contributed by atoms with Gasteiger partial charge in [-0.2, -0.15) is 5.10 Å². The Balaban J connectivity index is 1.80. The summed E-state index contributed by atoms with van der Waals surface area (Å²) in [5, 5.41) is 16.6. The number of carboxylic acid groups (broad SMARTS) is 1. The van der Waals surface area contributed by atoms with Gasteiger partial charge >= 0.3 is 5.97 Å². The predicted molar refractivity (Wildman–Crippen MR) is 86.3 cm³/mol. The summed E-state index contributed by atoms with van der Waals surface area (Å²) in [4.78, 5) is 26.8. The smallest absolute Gasteiger partial charge is 0.303 e. The van der Waals surface area contributed by atoms with E-state index in [-0.39, 0.29) is 12.3 Å². The van der Waals surface area contributed by atoms with E-state index in [0.717, 1.165) is 36.0 Å². The van der Waals surface area contributed by atoms with Crippen molar-refractivity contribution in [1.29, 1.82) is 0 Å². The van der Waals surface area contributed by atoms with Gasteiger partial charge in [-0.1, -0.05) is 12.8 Å². The number of rotatable bonds is 8. The van der Waals surface area contributed by atoms with Crippen LogP contribution in [-0.4, -0.2) is 38.3 Å². The number of unbranched alkanes of at least 4 members (excludes halogenated alkanes) is 3. The molecule has 23 heavy (non-hydrogen) atoms. The molecule has 0 spiro atoms. The average Bonchev–Trinajstić information content (AvgIpc) is 2.80. The minimum atomic E-state index is -0.758. The monoisotopic (exact) mass is 318 g/mol. The first kappa shape index (κ1) is 16.9. The van der Waals surface area contributed by atoms with Crippen molar-refractivity contribution in [3.05, 3.63) is 23.5 Å². The van der Waals surface area contributed by atoms with Crippen molar-refractivity contribution in [3.63, 3.8) is 0 Å². The van der Waals surface area contributed by atoms with Crippen molar-refractivity contribution >= 4 is 22.9 Å². The number of carbonyl (C=O) groups excluding carboxylic acids is 1. The molecule has 7 nitrogen and oxygen atoms in total. The third-order valence-corrected chi connectivity index (χ3v) is 3.73. The highest BCUT2D eigenvalue weighted by Gasteiger charge is 2.11. The Labute approximate surface area is 134 Å². The summed E-state index contributed by atoms with van der Waals surface area (Å²) in [7, 11) is 1.83. The number of carbonyl (C=O) groups is 2. The first-order chi connectivity index (χ1) is 11.0. The third kappa shape index (κ3) is 4.51. The maximum absolute atomic E-state index is 12.1. The van der Waals surface area contributed by atoms with Gasteiger partial charge in [-0.3, -0.25) is 14.3 Å². The second-order valence-electron chi connectivity index (χ2n) is 5.62. The Bertz CT molecular complexity index is 709. The fourth-order valence-corrected chi connectivity index (χ4v) is 2.49. The molecule has 0 aliphatic heterocycles. The highest BCUT2D eigenvalue weighted by molar-refractivity contribution is 5.97. The number of pyridine rings is 1. The van der Waals surface area contributed by atoms with Crippen molar-refractivity contribution in [2.24, 2.45) is 7.05 Å². The van der Waals surface area contributed by atoms with Gasteiger partial charge in [0.2, 0.25) is 0 Å². The second-order valence-corrected chi connectivity index (χ2v) is 5.62. The van der Waals surface area contributed by atoms with Gasteiger partial charge in [0.1, 0.15) is 0 Å². The van der Waals surface area contributed by atoms with E-state index in [2.05, 4.69) is 15.4 Å². The van der Waals surface area contributed by atoms with Crippen molar-refractivity contribution < 1.29 is 14.7 Å². The molecule has 0 aliphatic carbocycles. The minimum Gasteiger partial charge on any atom is -0.481 e. The highest BCUT2D eigenvalue weighted by Crippen LogP contribution is 2.16. The van der Waals surface area contributed by atoms with E-state index in [4.69, 9.17) is 5.11 Å². The van der Waals surface area contributed by atoms with Crippen molar-refractivity contribution in [2.75, 3.05) is 6.54 Å². The lowest BCUT2D eigenvalue weighted by molar-refractivity contribution is -0.137. The van der Waals surface area contributed by atoms with Gasteiger partial charge in [0.05, 0.1) is 11.3 Å². The number of hydrogen-bond acceptors (Lipinski definition) is 4. The van der Waals surface area contributed by atoms with Gasteiger partial charge in [-0.25, -0.2) is 4.98 Å². The van der Waals surface area contributed by atoms with Crippen molar-refractivity contribution in [2.45, 2.75) is 39.0 Å². The standard InChI is InChI=1S/C16H22N4O3/c1-11-13-9-12(10-18-15(13)20(2)19-11)16(23)17-8-6-4-3-5-7-14(21)22/h9-10H,3-8H2,1-2H3,(H,17,23)(H,21,22). The molecule has 0 saturated carbocycles. The van der Waals surface area contributed by atoms with E-state index in [1.165, 1.54) is 0 Å². The Morgan fingerprint density at radius 3 is 2.74 bits per heavy atom. The molecule has 0 atom stereocenters. The van der Waals surface area contributed by atoms with Crippen LogP contribution >= 0.6 is 0 Å². The Morgan fingerprint density at radius 2 is 2.00 bits per heavy atom. The van der Waals surface area contributed by atoms with Crippen LogP contribution in [0.2, 0.25) is 0 Å². The zero-order valence-electron chi connectivity index (χ0n) is 13.5. The molecule has 2 aromatic heterocycles. The van der Waals surface area contributed by atoms with E-state index >= 15 is 0 Å².